The van der Waals surface area contributed by atoms with Crippen LogP contribution in [-0.4, -0.2) is 42.6 Å². The number of nitrogens with zero attached hydrogens (tertiary/aromatic N) is 3. The second-order valence-corrected chi connectivity index (χ2v) is 7.27. The Bertz CT molecular complexity index is 1060. The minimum atomic E-state index is -0.264. The van der Waals surface area contributed by atoms with E-state index in [4.69, 9.17) is 0 Å². The summed E-state index contributed by atoms with van der Waals surface area (Å²) >= 11 is 1.40. The number of aromatic amines is 2. The molecule has 0 radical (unpaired) electrons. The molecule has 0 fully saturated rings. The van der Waals surface area contributed by atoms with E-state index < -0.39 is 0 Å². The van der Waals surface area contributed by atoms with Gasteiger partial charge in [-0.3, -0.25) is 4.79 Å². The Balaban J connectivity index is 1.35. The van der Waals surface area contributed by atoms with Crippen molar-refractivity contribution < 1.29 is 4.79 Å². The fraction of sp³-hybridized carbons (Fsp3) is 0.222. The molecular formula is C18H18N6OS. The molecule has 1 aromatic carbocycles. The Morgan fingerprint density at radius 1 is 1.23 bits per heavy atom. The average Bonchev–Trinajstić information content (AvgIpc) is 3.29. The molecule has 4 rings (SSSR count). The van der Waals surface area contributed by atoms with Gasteiger partial charge in [-0.15, -0.1) is 0 Å². The van der Waals surface area contributed by atoms with E-state index in [1.54, 1.807) is 6.33 Å². The first-order chi connectivity index (χ1) is 12.7. The molecule has 1 atom stereocenters. The molecule has 0 aliphatic carbocycles. The molecule has 1 amide bonds. The highest BCUT2D eigenvalue weighted by Gasteiger charge is 2.17. The first-order valence-electron chi connectivity index (χ1n) is 8.36. The lowest BCUT2D eigenvalue weighted by molar-refractivity contribution is -0.120. The molecular weight excluding hydrogens is 348 g/mol. The monoisotopic (exact) mass is 366 g/mol. The first kappa shape index (κ1) is 16.6. The normalized spacial score (nSPS) is 12.5. The molecule has 7 nitrogen and oxygen atoms in total. The predicted molar refractivity (Wildman–Crippen MR) is 102 cm³/mol. The minimum absolute atomic E-state index is 0.0129. The molecule has 3 heterocycles. The van der Waals surface area contributed by atoms with E-state index in [0.29, 0.717) is 12.2 Å². The molecule has 26 heavy (non-hydrogen) atoms. The third-order valence-corrected chi connectivity index (χ3v) is 5.31. The lowest BCUT2D eigenvalue weighted by Gasteiger charge is -2.11. The number of carbonyl (C=O) groups is 1. The Morgan fingerprint density at radius 3 is 3.04 bits per heavy atom. The van der Waals surface area contributed by atoms with Gasteiger partial charge in [-0.05, 0) is 25.0 Å². The van der Waals surface area contributed by atoms with Crippen LogP contribution in [0.4, 0.5) is 0 Å². The summed E-state index contributed by atoms with van der Waals surface area (Å²) in [4.78, 5) is 31.1. The van der Waals surface area contributed by atoms with Crippen LogP contribution in [0.3, 0.4) is 0 Å². The second kappa shape index (κ2) is 7.17. The summed E-state index contributed by atoms with van der Waals surface area (Å²) in [5.41, 5.74) is 3.69. The van der Waals surface area contributed by atoms with Crippen LogP contribution in [0, 0.1) is 0 Å². The van der Waals surface area contributed by atoms with Crippen LogP contribution in [0.25, 0.3) is 22.1 Å². The van der Waals surface area contributed by atoms with E-state index in [0.717, 1.165) is 22.5 Å². The zero-order valence-corrected chi connectivity index (χ0v) is 15.0. The number of hydrogen-bond acceptors (Lipinski definition) is 5. The topological polar surface area (TPSA) is 99.3 Å². The number of fused-ring (bicyclic) bond motifs is 2. The van der Waals surface area contributed by atoms with Crippen LogP contribution < -0.4 is 5.32 Å². The fourth-order valence-electron chi connectivity index (χ4n) is 2.86. The number of thioether (sulfide) groups is 1. The van der Waals surface area contributed by atoms with Crippen LogP contribution in [-0.2, 0) is 11.2 Å². The Kier molecular flexibility index (Phi) is 4.57. The predicted octanol–water partition coefficient (Wildman–Crippen LogP) is 2.67. The van der Waals surface area contributed by atoms with Gasteiger partial charge >= 0.3 is 0 Å². The first-order valence-corrected chi connectivity index (χ1v) is 9.24. The van der Waals surface area contributed by atoms with Crippen LogP contribution in [0.1, 0.15) is 12.5 Å². The summed E-state index contributed by atoms with van der Waals surface area (Å²) < 4.78 is 0. The lowest BCUT2D eigenvalue weighted by Crippen LogP contribution is -2.32. The van der Waals surface area contributed by atoms with Crippen LogP contribution in [0.2, 0.25) is 0 Å². The maximum absolute atomic E-state index is 12.4. The Labute approximate surface area is 154 Å². The summed E-state index contributed by atoms with van der Waals surface area (Å²) in [6.07, 6.45) is 5.83. The average molecular weight is 366 g/mol. The van der Waals surface area contributed by atoms with Gasteiger partial charge in [-0.25, -0.2) is 15.0 Å². The number of rotatable bonds is 6. The number of H-pyrrole nitrogens is 2. The van der Waals surface area contributed by atoms with Crippen molar-refractivity contribution in [3.05, 3.63) is 48.7 Å². The number of imidazole rings is 1. The molecule has 0 saturated carbocycles. The molecule has 0 spiro atoms. The van der Waals surface area contributed by atoms with Gasteiger partial charge in [-0.2, -0.15) is 0 Å². The smallest absolute Gasteiger partial charge is 0.233 e. The molecule has 132 valence electrons. The SMILES string of the molecule is C[C@@H](Sc1ncnc2nc[nH]c12)C(=O)NCCc1c[nH]c2ccccc12. The highest BCUT2D eigenvalue weighted by atomic mass is 32.2. The van der Waals surface area contributed by atoms with Crippen molar-refractivity contribution in [3.8, 4) is 0 Å². The molecule has 8 heteroatoms. The van der Waals surface area contributed by atoms with Crippen LogP contribution >= 0.6 is 11.8 Å². The minimum Gasteiger partial charge on any atom is -0.361 e. The number of amides is 1. The van der Waals surface area contributed by atoms with Gasteiger partial charge in [0.25, 0.3) is 0 Å². The van der Waals surface area contributed by atoms with Gasteiger partial charge in [0.2, 0.25) is 5.91 Å². The van der Waals surface area contributed by atoms with Crippen LogP contribution in [0.15, 0.2) is 48.1 Å². The Morgan fingerprint density at radius 2 is 2.12 bits per heavy atom. The largest absolute Gasteiger partial charge is 0.361 e. The molecule has 3 N–H and O–H groups in total. The maximum atomic E-state index is 12.4. The Hall–Kier alpha value is -2.87. The van der Waals surface area contributed by atoms with Gasteiger partial charge in [0.15, 0.2) is 5.65 Å². The second-order valence-electron chi connectivity index (χ2n) is 5.94. The third kappa shape index (κ3) is 3.28. The molecule has 0 bridgehead atoms. The van der Waals surface area contributed by atoms with Crippen molar-refractivity contribution in [3.63, 3.8) is 0 Å². The summed E-state index contributed by atoms with van der Waals surface area (Å²) in [7, 11) is 0. The fourth-order valence-corrected chi connectivity index (χ4v) is 3.76. The van der Waals surface area contributed by atoms with Crippen molar-refractivity contribution in [2.24, 2.45) is 0 Å². The molecule has 3 aromatic heterocycles. The van der Waals surface area contributed by atoms with Gasteiger partial charge in [0, 0.05) is 23.6 Å². The van der Waals surface area contributed by atoms with Crippen LogP contribution in [0.5, 0.6) is 0 Å². The number of nitrogens with one attached hydrogen (secondary N) is 3. The van der Waals surface area contributed by atoms with E-state index in [-0.39, 0.29) is 11.2 Å². The van der Waals surface area contributed by atoms with E-state index in [9.17, 15) is 4.79 Å². The van der Waals surface area contributed by atoms with Crippen molar-refractivity contribution in [2.75, 3.05) is 6.54 Å². The van der Waals surface area contributed by atoms with E-state index in [1.165, 1.54) is 29.0 Å². The van der Waals surface area contributed by atoms with Crippen molar-refractivity contribution in [2.45, 2.75) is 23.6 Å². The number of para-hydroxylation sites is 1. The summed E-state index contributed by atoms with van der Waals surface area (Å²) in [5, 5.41) is 4.67. The number of carbonyl (C=O) groups excluding carboxylic acids is 1. The number of hydrogen-bond donors (Lipinski definition) is 3. The van der Waals surface area contributed by atoms with Gasteiger partial charge < -0.3 is 15.3 Å². The molecule has 0 unspecified atom stereocenters. The van der Waals surface area contributed by atoms with E-state index >= 15 is 0 Å². The van der Waals surface area contributed by atoms with Crippen molar-refractivity contribution in [1.82, 2.24) is 30.2 Å². The lowest BCUT2D eigenvalue weighted by atomic mass is 10.1. The third-order valence-electron chi connectivity index (χ3n) is 4.21. The molecule has 0 aliphatic rings. The standard InChI is InChI=1S/C18H18N6OS/c1-11(26-18-15-16(22-9-21-15)23-10-24-18)17(25)19-7-6-12-8-20-14-5-3-2-4-13(12)14/h2-5,8-11,20H,6-7H2,1H3,(H,19,25)(H,21,22,23,24)/t11-/m1/s1. The maximum Gasteiger partial charge on any atom is 0.233 e. The van der Waals surface area contributed by atoms with Gasteiger partial charge in [0.05, 0.1) is 11.6 Å². The summed E-state index contributed by atoms with van der Waals surface area (Å²) in [6, 6.07) is 8.17. The highest BCUT2D eigenvalue weighted by Crippen LogP contribution is 2.26. The van der Waals surface area contributed by atoms with E-state index in [1.807, 2.05) is 31.3 Å². The molecule has 0 saturated heterocycles. The zero-order chi connectivity index (χ0) is 17.9. The highest BCUT2D eigenvalue weighted by molar-refractivity contribution is 8.00. The number of benzene rings is 1. The van der Waals surface area contributed by atoms with Crippen molar-refractivity contribution >= 4 is 39.7 Å². The number of aromatic nitrogens is 5. The summed E-state index contributed by atoms with van der Waals surface area (Å²) in [6.45, 7) is 2.46. The zero-order valence-electron chi connectivity index (χ0n) is 14.2. The van der Waals surface area contributed by atoms with Gasteiger partial charge in [-0.1, -0.05) is 30.0 Å². The van der Waals surface area contributed by atoms with E-state index in [2.05, 4.69) is 36.3 Å². The van der Waals surface area contributed by atoms with Crippen molar-refractivity contribution in [1.29, 1.82) is 0 Å². The summed E-state index contributed by atoms with van der Waals surface area (Å²) in [5.74, 6) is -0.0129. The molecule has 0 aliphatic heterocycles. The quantitative estimate of drug-likeness (QED) is 0.360. The van der Waals surface area contributed by atoms with Gasteiger partial charge in [0.1, 0.15) is 16.9 Å². The molecule has 4 aromatic rings.